The Kier molecular flexibility index (Phi) is 2.82. The molecule has 0 amide bonds. The summed E-state index contributed by atoms with van der Waals surface area (Å²) in [6.45, 7) is 1.47. The molecule has 3 nitrogen and oxygen atoms in total. The monoisotopic (exact) mass is 258 g/mol. The minimum absolute atomic E-state index is 0.198. The molecule has 1 atom stereocenters. The molecule has 86 valence electrons. The summed E-state index contributed by atoms with van der Waals surface area (Å²) in [5.74, 6) is -0.409. The molecule has 0 aliphatic carbocycles. The highest BCUT2D eigenvalue weighted by molar-refractivity contribution is 7.95. The van der Waals surface area contributed by atoms with Crippen LogP contribution in [0.1, 0.15) is 12.5 Å². The summed E-state index contributed by atoms with van der Waals surface area (Å²) in [6, 6.07) is 4.79. The first kappa shape index (κ1) is 11.6. The van der Waals surface area contributed by atoms with E-state index in [9.17, 15) is 8.42 Å². The Hall–Kier alpha value is -0.840. The lowest BCUT2D eigenvalue weighted by molar-refractivity contribution is 0.260. The fraction of sp³-hybridized carbons (Fsp3) is 0.273. The Morgan fingerprint density at radius 2 is 2.12 bits per heavy atom. The molecule has 5 heteroatoms. The minimum atomic E-state index is -3.46. The van der Waals surface area contributed by atoms with Gasteiger partial charge in [0.2, 0.25) is 9.84 Å². The molecule has 16 heavy (non-hydrogen) atoms. The Balaban J connectivity index is 2.66. The maximum absolute atomic E-state index is 12.1. The zero-order chi connectivity index (χ0) is 11.9. The van der Waals surface area contributed by atoms with Crippen LogP contribution in [0, 0.1) is 5.92 Å². The lowest BCUT2D eigenvalue weighted by Gasteiger charge is -2.08. The Morgan fingerprint density at radius 3 is 2.69 bits per heavy atom. The van der Waals surface area contributed by atoms with E-state index in [4.69, 9.17) is 16.7 Å². The molecule has 1 aliphatic rings. The predicted molar refractivity (Wildman–Crippen MR) is 62.9 cm³/mol. The first-order valence-corrected chi connectivity index (χ1v) is 6.70. The maximum Gasteiger partial charge on any atom is 0.203 e. The summed E-state index contributed by atoms with van der Waals surface area (Å²) >= 11 is 5.94. The first-order valence-electron chi connectivity index (χ1n) is 4.84. The number of aliphatic hydroxyl groups excluding tert-OH is 1. The van der Waals surface area contributed by atoms with Crippen LogP contribution >= 0.6 is 11.6 Å². The van der Waals surface area contributed by atoms with Crippen molar-refractivity contribution in [1.29, 1.82) is 0 Å². The minimum Gasteiger partial charge on any atom is -0.396 e. The van der Waals surface area contributed by atoms with Crippen molar-refractivity contribution in [1.82, 2.24) is 0 Å². The average molecular weight is 259 g/mol. The third-order valence-electron chi connectivity index (χ3n) is 2.66. The number of halogens is 1. The molecule has 1 aliphatic heterocycles. The zero-order valence-corrected chi connectivity index (χ0v) is 10.2. The van der Waals surface area contributed by atoms with E-state index in [0.717, 1.165) is 0 Å². The quantitative estimate of drug-likeness (QED) is 0.884. The van der Waals surface area contributed by atoms with Crippen molar-refractivity contribution in [2.75, 3.05) is 6.61 Å². The van der Waals surface area contributed by atoms with Gasteiger partial charge in [-0.1, -0.05) is 24.6 Å². The first-order chi connectivity index (χ1) is 7.48. The summed E-state index contributed by atoms with van der Waals surface area (Å²) in [7, 11) is -3.46. The van der Waals surface area contributed by atoms with Crippen LogP contribution in [0.2, 0.25) is 5.02 Å². The normalized spacial score (nSPS) is 19.1. The van der Waals surface area contributed by atoms with Gasteiger partial charge in [0.25, 0.3) is 0 Å². The van der Waals surface area contributed by atoms with Crippen molar-refractivity contribution in [2.24, 2.45) is 5.92 Å². The van der Waals surface area contributed by atoms with Gasteiger partial charge in [0.05, 0.1) is 16.4 Å². The second kappa shape index (κ2) is 3.87. The second-order valence-electron chi connectivity index (χ2n) is 3.79. The molecular weight excluding hydrogens is 248 g/mol. The molecule has 0 bridgehead atoms. The van der Waals surface area contributed by atoms with E-state index < -0.39 is 15.8 Å². The number of fused-ring (bicyclic) bond motifs is 1. The molecule has 1 aromatic rings. The van der Waals surface area contributed by atoms with Crippen molar-refractivity contribution in [3.05, 3.63) is 33.7 Å². The largest absolute Gasteiger partial charge is 0.396 e. The van der Waals surface area contributed by atoms with Crippen molar-refractivity contribution in [3.8, 4) is 0 Å². The number of benzene rings is 1. The van der Waals surface area contributed by atoms with Gasteiger partial charge in [-0.25, -0.2) is 8.42 Å². The molecule has 1 unspecified atom stereocenters. The number of rotatable bonds is 2. The van der Waals surface area contributed by atoms with E-state index in [0.29, 0.717) is 10.6 Å². The summed E-state index contributed by atoms with van der Waals surface area (Å²) < 4.78 is 24.2. The third-order valence-corrected chi connectivity index (χ3v) is 5.06. The van der Waals surface area contributed by atoms with Crippen LogP contribution in [-0.2, 0) is 9.84 Å². The third kappa shape index (κ3) is 1.57. The van der Waals surface area contributed by atoms with Gasteiger partial charge in [0.1, 0.15) is 0 Å². The lowest BCUT2D eigenvalue weighted by Crippen LogP contribution is -2.11. The molecule has 0 saturated carbocycles. The fourth-order valence-electron chi connectivity index (χ4n) is 1.74. The molecule has 0 spiro atoms. The van der Waals surface area contributed by atoms with E-state index in [2.05, 4.69) is 0 Å². The van der Waals surface area contributed by atoms with Gasteiger partial charge in [-0.3, -0.25) is 0 Å². The number of aliphatic hydroxyl groups is 1. The molecule has 1 heterocycles. The van der Waals surface area contributed by atoms with E-state index in [1.807, 2.05) is 0 Å². The van der Waals surface area contributed by atoms with Gasteiger partial charge in [0.15, 0.2) is 0 Å². The summed E-state index contributed by atoms with van der Waals surface area (Å²) in [4.78, 5) is 0.466. The van der Waals surface area contributed by atoms with Crippen LogP contribution in [0.25, 0.3) is 6.08 Å². The molecule has 1 N–H and O–H groups in total. The van der Waals surface area contributed by atoms with Crippen molar-refractivity contribution >= 4 is 27.5 Å². The van der Waals surface area contributed by atoms with Crippen molar-refractivity contribution in [2.45, 2.75) is 11.8 Å². The van der Waals surface area contributed by atoms with Gasteiger partial charge >= 0.3 is 0 Å². The number of hydrogen-bond acceptors (Lipinski definition) is 3. The highest BCUT2D eigenvalue weighted by atomic mass is 35.5. The summed E-state index contributed by atoms with van der Waals surface area (Å²) in [5, 5.41) is 9.46. The molecule has 0 aromatic heterocycles. The Morgan fingerprint density at radius 1 is 1.44 bits per heavy atom. The van der Waals surface area contributed by atoms with Gasteiger partial charge < -0.3 is 5.11 Å². The standard InChI is InChI=1S/C11H11ClO3S/c1-7(6-13)11-5-8-9(12)3-2-4-10(8)16(11,14)15/h2-5,7,13H,6H2,1H3. The smallest absolute Gasteiger partial charge is 0.203 e. The lowest BCUT2D eigenvalue weighted by atomic mass is 10.1. The maximum atomic E-state index is 12.1. The van der Waals surface area contributed by atoms with Crippen LogP contribution in [0.3, 0.4) is 0 Å². The molecule has 0 fully saturated rings. The highest BCUT2D eigenvalue weighted by Crippen LogP contribution is 2.39. The van der Waals surface area contributed by atoms with Crippen LogP contribution in [0.4, 0.5) is 0 Å². The van der Waals surface area contributed by atoms with Gasteiger partial charge in [-0.15, -0.1) is 0 Å². The molecule has 0 radical (unpaired) electrons. The molecular formula is C11H11ClO3S. The average Bonchev–Trinajstić information content (AvgIpc) is 2.52. The van der Waals surface area contributed by atoms with Gasteiger partial charge in [0, 0.05) is 16.5 Å². The Labute approximate surface area is 99.3 Å². The summed E-state index contributed by atoms with van der Waals surface area (Å²) in [5.41, 5.74) is 0.527. The number of hydrogen-bond donors (Lipinski definition) is 1. The van der Waals surface area contributed by atoms with Crippen LogP contribution in [0.15, 0.2) is 28.0 Å². The molecule has 1 aromatic carbocycles. The van der Waals surface area contributed by atoms with Crippen LogP contribution < -0.4 is 0 Å². The van der Waals surface area contributed by atoms with Gasteiger partial charge in [-0.2, -0.15) is 0 Å². The summed E-state index contributed by atoms with van der Waals surface area (Å²) in [6.07, 6.45) is 1.55. The Bertz CT molecular complexity index is 561. The van der Waals surface area contributed by atoms with Crippen molar-refractivity contribution in [3.63, 3.8) is 0 Å². The molecule has 2 rings (SSSR count). The fourth-order valence-corrected chi connectivity index (χ4v) is 3.87. The highest BCUT2D eigenvalue weighted by Gasteiger charge is 2.33. The number of sulfone groups is 1. The SMILES string of the molecule is CC(CO)C1=Cc2c(Cl)cccc2S1(=O)=O. The molecule has 0 saturated heterocycles. The second-order valence-corrected chi connectivity index (χ2v) is 6.11. The van der Waals surface area contributed by atoms with E-state index in [1.54, 1.807) is 25.1 Å². The van der Waals surface area contributed by atoms with Crippen LogP contribution in [0.5, 0.6) is 0 Å². The predicted octanol–water partition coefficient (Wildman–Crippen LogP) is 2.10. The van der Waals surface area contributed by atoms with E-state index >= 15 is 0 Å². The zero-order valence-electron chi connectivity index (χ0n) is 8.64. The van der Waals surface area contributed by atoms with Crippen LogP contribution in [-0.4, -0.2) is 20.1 Å². The van der Waals surface area contributed by atoms with Gasteiger partial charge in [-0.05, 0) is 18.2 Å². The topological polar surface area (TPSA) is 54.4 Å². The van der Waals surface area contributed by atoms with E-state index in [-0.39, 0.29) is 16.4 Å². The van der Waals surface area contributed by atoms with E-state index in [1.165, 1.54) is 6.07 Å². The van der Waals surface area contributed by atoms with Crippen molar-refractivity contribution < 1.29 is 13.5 Å².